The van der Waals surface area contributed by atoms with Crippen LogP contribution in [0.3, 0.4) is 0 Å². The van der Waals surface area contributed by atoms with E-state index in [1.165, 1.54) is 11.8 Å². The summed E-state index contributed by atoms with van der Waals surface area (Å²) in [5, 5.41) is 2.06. The Labute approximate surface area is 319 Å². The SMILES string of the molecule is CC(=O)N1CC(S(=O)(=O)c2cc(-c3cnc(N)nc3)cc(N3CCOCC3)c2)C1.Nc1ncc(-c2cc(N3CCOCC3)cc(S(=O)(=O)C3CNC3)c2)cn1. The normalized spacial score (nSPS) is 18.2. The lowest BCUT2D eigenvalue weighted by molar-refractivity contribution is -0.131. The molecule has 55 heavy (non-hydrogen) atoms. The van der Waals surface area contributed by atoms with Gasteiger partial charge in [0.05, 0.1) is 41.5 Å². The highest BCUT2D eigenvalue weighted by molar-refractivity contribution is 7.92. The summed E-state index contributed by atoms with van der Waals surface area (Å²) in [7, 11) is -6.97. The molecule has 4 aliphatic heterocycles. The number of amides is 1. The summed E-state index contributed by atoms with van der Waals surface area (Å²) in [6, 6.07) is 10.7. The van der Waals surface area contributed by atoms with Crippen LogP contribution in [0.1, 0.15) is 6.92 Å². The van der Waals surface area contributed by atoms with Gasteiger partial charge in [-0.3, -0.25) is 4.79 Å². The largest absolute Gasteiger partial charge is 0.378 e. The molecule has 2 aromatic carbocycles. The van der Waals surface area contributed by atoms with Crippen LogP contribution in [-0.2, 0) is 33.9 Å². The van der Waals surface area contributed by atoms with Crippen molar-refractivity contribution < 1.29 is 31.1 Å². The van der Waals surface area contributed by atoms with Gasteiger partial charge in [-0.2, -0.15) is 0 Å². The van der Waals surface area contributed by atoms with E-state index in [1.54, 1.807) is 49.1 Å². The van der Waals surface area contributed by atoms with E-state index in [9.17, 15) is 21.6 Å². The molecule has 4 saturated heterocycles. The average molecular weight is 793 g/mol. The predicted octanol–water partition coefficient (Wildman–Crippen LogP) is 0.875. The number of anilines is 4. The fourth-order valence-electron chi connectivity index (χ4n) is 6.57. The maximum Gasteiger partial charge on any atom is 0.219 e. The van der Waals surface area contributed by atoms with Crippen LogP contribution >= 0.6 is 0 Å². The number of aromatic nitrogens is 4. The van der Waals surface area contributed by atoms with Gasteiger partial charge in [0.1, 0.15) is 5.25 Å². The van der Waals surface area contributed by atoms with Crippen molar-refractivity contribution in [1.82, 2.24) is 30.2 Å². The van der Waals surface area contributed by atoms with Gasteiger partial charge in [0.15, 0.2) is 19.7 Å². The minimum atomic E-state index is -3.59. The monoisotopic (exact) mass is 792 g/mol. The van der Waals surface area contributed by atoms with Gasteiger partial charge in [0, 0.05) is 107 Å². The zero-order valence-corrected chi connectivity index (χ0v) is 32.0. The highest BCUT2D eigenvalue weighted by atomic mass is 32.2. The molecule has 6 heterocycles. The molecular weight excluding hydrogens is 749 g/mol. The Morgan fingerprint density at radius 2 is 1.04 bits per heavy atom. The smallest absolute Gasteiger partial charge is 0.219 e. The van der Waals surface area contributed by atoms with Gasteiger partial charge >= 0.3 is 0 Å². The van der Waals surface area contributed by atoms with Crippen molar-refractivity contribution in [1.29, 1.82) is 0 Å². The van der Waals surface area contributed by atoms with E-state index in [1.807, 2.05) is 12.1 Å². The molecule has 0 unspecified atom stereocenters. The average Bonchev–Trinajstić information content (AvgIpc) is 3.14. The number of rotatable bonds is 8. The summed E-state index contributed by atoms with van der Waals surface area (Å²) in [6.45, 7) is 8.13. The van der Waals surface area contributed by atoms with Crippen LogP contribution in [0.25, 0.3) is 22.3 Å². The Morgan fingerprint density at radius 1 is 0.636 bits per heavy atom. The maximum atomic E-state index is 13.2. The van der Waals surface area contributed by atoms with E-state index in [0.29, 0.717) is 68.6 Å². The Bertz CT molecular complexity index is 2220. The van der Waals surface area contributed by atoms with Gasteiger partial charge in [-0.1, -0.05) is 0 Å². The van der Waals surface area contributed by atoms with E-state index in [2.05, 4.69) is 35.1 Å². The quantitative estimate of drug-likeness (QED) is 0.225. The van der Waals surface area contributed by atoms with Gasteiger partial charge in [-0.25, -0.2) is 36.8 Å². The molecule has 17 nitrogen and oxygen atoms in total. The minimum absolute atomic E-state index is 0.113. The van der Waals surface area contributed by atoms with E-state index in [0.717, 1.165) is 35.6 Å². The highest BCUT2D eigenvalue weighted by Gasteiger charge is 2.40. The van der Waals surface area contributed by atoms with Gasteiger partial charge in [0.25, 0.3) is 0 Å². The van der Waals surface area contributed by atoms with Crippen LogP contribution in [0.15, 0.2) is 71.0 Å². The number of hydrogen-bond donors (Lipinski definition) is 3. The number of morpholine rings is 2. The molecule has 0 saturated carbocycles. The van der Waals surface area contributed by atoms with Crippen LogP contribution in [0.2, 0.25) is 0 Å². The molecule has 4 aromatic rings. The number of likely N-dealkylation sites (tertiary alicyclic amines) is 1. The van der Waals surface area contributed by atoms with E-state index in [-0.39, 0.29) is 41.0 Å². The molecule has 2 aromatic heterocycles. The Balaban J connectivity index is 0.000000170. The van der Waals surface area contributed by atoms with Crippen molar-refractivity contribution in [3.63, 3.8) is 0 Å². The first-order valence-corrected chi connectivity index (χ1v) is 21.0. The number of ether oxygens (including phenoxy) is 2. The number of nitrogens with one attached hydrogen (secondary N) is 1. The Morgan fingerprint density at radius 3 is 1.40 bits per heavy atom. The first kappa shape index (κ1) is 38.3. The molecule has 4 aliphatic rings. The second-order valence-corrected chi connectivity index (χ2v) is 18.2. The molecule has 0 radical (unpaired) electrons. The molecule has 292 valence electrons. The Kier molecular flexibility index (Phi) is 11.2. The van der Waals surface area contributed by atoms with Crippen molar-refractivity contribution in [2.24, 2.45) is 0 Å². The van der Waals surface area contributed by atoms with Crippen molar-refractivity contribution in [2.75, 3.05) is 100 Å². The second-order valence-electron chi connectivity index (χ2n) is 13.7. The Hall–Kier alpha value is -4.95. The fourth-order valence-corrected chi connectivity index (χ4v) is 9.92. The van der Waals surface area contributed by atoms with Gasteiger partial charge in [-0.15, -0.1) is 0 Å². The number of carbonyl (C=O) groups is 1. The lowest BCUT2D eigenvalue weighted by Gasteiger charge is -2.38. The number of benzene rings is 2. The topological polar surface area (TPSA) is 229 Å². The predicted molar refractivity (Wildman–Crippen MR) is 207 cm³/mol. The molecule has 0 atom stereocenters. The zero-order chi connectivity index (χ0) is 38.7. The summed E-state index contributed by atoms with van der Waals surface area (Å²) < 4.78 is 63.2. The first-order valence-electron chi connectivity index (χ1n) is 17.9. The minimum Gasteiger partial charge on any atom is -0.378 e. The van der Waals surface area contributed by atoms with Gasteiger partial charge < -0.3 is 41.0 Å². The summed E-state index contributed by atoms with van der Waals surface area (Å²) in [5.74, 6) is 0.231. The third-order valence-corrected chi connectivity index (χ3v) is 14.3. The lowest BCUT2D eigenvalue weighted by atomic mass is 10.1. The van der Waals surface area contributed by atoms with Gasteiger partial charge in [0.2, 0.25) is 17.8 Å². The summed E-state index contributed by atoms with van der Waals surface area (Å²) in [6.07, 6.45) is 6.39. The number of nitrogens with zero attached hydrogens (tertiary/aromatic N) is 7. The van der Waals surface area contributed by atoms with Crippen LogP contribution in [0.5, 0.6) is 0 Å². The van der Waals surface area contributed by atoms with Gasteiger partial charge in [-0.05, 0) is 47.5 Å². The molecule has 8 rings (SSSR count). The third-order valence-electron chi connectivity index (χ3n) is 10.1. The van der Waals surface area contributed by atoms with Crippen molar-refractivity contribution in [2.45, 2.75) is 27.2 Å². The second kappa shape index (κ2) is 16.0. The molecule has 0 bridgehead atoms. The summed E-state index contributed by atoms with van der Waals surface area (Å²) in [4.78, 5) is 33.9. The van der Waals surface area contributed by atoms with Crippen LogP contribution in [0.4, 0.5) is 23.3 Å². The van der Waals surface area contributed by atoms with Crippen molar-refractivity contribution >= 4 is 48.9 Å². The van der Waals surface area contributed by atoms with Crippen molar-refractivity contribution in [3.05, 3.63) is 61.2 Å². The number of hydrogen-bond acceptors (Lipinski definition) is 16. The standard InChI is InChI=1S/C19H23N5O4S.C17H21N5O3S/c1-13(25)24-11-18(12-24)29(26,27)17-7-14(15-9-21-19(20)22-10-15)6-16(8-17)23-2-4-28-5-3-23;18-17-20-8-13(9-21-17)12-5-14(22-1-3-25-4-2-22)7-15(6-12)26(23,24)16-10-19-11-16/h6-10,18H,2-5,11-12H2,1H3,(H2,20,21,22);5-9,16,19H,1-4,10-11H2,(H2,18,20,21). The molecule has 19 heteroatoms. The molecule has 0 aliphatic carbocycles. The summed E-state index contributed by atoms with van der Waals surface area (Å²) >= 11 is 0. The molecule has 1 amide bonds. The lowest BCUT2D eigenvalue weighted by Crippen LogP contribution is -2.56. The first-order chi connectivity index (χ1) is 26.4. The molecule has 5 N–H and O–H groups in total. The molecule has 0 spiro atoms. The third kappa shape index (κ3) is 8.50. The van der Waals surface area contributed by atoms with E-state index in [4.69, 9.17) is 20.9 Å². The summed E-state index contributed by atoms with van der Waals surface area (Å²) in [5.41, 5.74) is 15.7. The number of sulfone groups is 2. The van der Waals surface area contributed by atoms with Crippen LogP contribution in [-0.4, -0.2) is 137 Å². The number of carbonyl (C=O) groups excluding carboxylic acids is 1. The van der Waals surface area contributed by atoms with E-state index >= 15 is 0 Å². The van der Waals surface area contributed by atoms with Crippen LogP contribution in [0, 0.1) is 0 Å². The zero-order valence-electron chi connectivity index (χ0n) is 30.4. The van der Waals surface area contributed by atoms with Crippen LogP contribution < -0.4 is 26.6 Å². The number of nitrogens with two attached hydrogens (primary N) is 2. The van der Waals surface area contributed by atoms with E-state index < -0.39 is 24.9 Å². The maximum absolute atomic E-state index is 13.2. The number of nitrogen functional groups attached to an aromatic ring is 2. The molecule has 4 fully saturated rings. The van der Waals surface area contributed by atoms with Crippen molar-refractivity contribution in [3.8, 4) is 22.3 Å². The molecular formula is C36H44N10O7S2. The fraction of sp³-hybridized carbons (Fsp3) is 0.417. The highest BCUT2D eigenvalue weighted by Crippen LogP contribution is 2.34.